The summed E-state index contributed by atoms with van der Waals surface area (Å²) < 4.78 is 0. The van der Waals surface area contributed by atoms with Crippen LogP contribution in [-0.4, -0.2) is 112 Å². The van der Waals surface area contributed by atoms with Gasteiger partial charge in [0.15, 0.2) is 0 Å². The maximum Gasteiger partial charge on any atom is 0.322 e. The van der Waals surface area contributed by atoms with Crippen LogP contribution in [0.5, 0.6) is 5.75 Å². The fraction of sp³-hybridized carbons (Fsp3) is 0.562. The number of aliphatic carboxylic acids is 1. The van der Waals surface area contributed by atoms with Crippen molar-refractivity contribution in [1.29, 1.82) is 0 Å². The lowest BCUT2D eigenvalue weighted by atomic mass is 10.0. The highest BCUT2D eigenvalue weighted by atomic mass is 16.4. The third-order valence-corrected chi connectivity index (χ3v) is 7.84. The molecule has 1 saturated heterocycles. The monoisotopic (exact) mass is 704 g/mol. The second kappa shape index (κ2) is 19.1. The highest BCUT2D eigenvalue weighted by Gasteiger charge is 2.38. The summed E-state index contributed by atoms with van der Waals surface area (Å²) in [4.78, 5) is 102. The fourth-order valence-corrected chi connectivity index (χ4v) is 5.23. The molecule has 18 heteroatoms. The molecule has 1 aromatic rings. The van der Waals surface area contributed by atoms with Crippen LogP contribution >= 0.6 is 0 Å². The molecular formula is C32H48N8O10. The number of carboxylic acid groups (broad SMARTS) is 1. The molecule has 0 radical (unpaired) electrons. The Labute approximate surface area is 289 Å². The van der Waals surface area contributed by atoms with Crippen molar-refractivity contribution in [3.8, 4) is 5.75 Å². The molecule has 0 aromatic heterocycles. The Kier molecular flexibility index (Phi) is 15.6. The third kappa shape index (κ3) is 13.0. The second-order valence-electron chi connectivity index (χ2n) is 12.7. The van der Waals surface area contributed by atoms with E-state index in [9.17, 15) is 43.5 Å². The largest absolute Gasteiger partial charge is 0.508 e. The van der Waals surface area contributed by atoms with Gasteiger partial charge >= 0.3 is 5.97 Å². The molecule has 11 N–H and O–H groups in total. The number of carbonyl (C=O) groups is 8. The van der Waals surface area contributed by atoms with Crippen molar-refractivity contribution in [2.24, 2.45) is 17.4 Å². The van der Waals surface area contributed by atoms with E-state index in [2.05, 4.69) is 26.6 Å². The standard InChI is InChI=1S/C32H48N8O10/c1-16(2)12-22(38-28(46)18(4)37-31(49)24-6-5-11-40(24)32(50)21(33)14-25(34)42)30(48)36-17(3)27(45)39-23(29(47)35-15-26(43)44)13-19-7-9-20(41)10-8-19/h7-10,16-18,21-24,41H,5-6,11-15,33H2,1-4H3,(H2,34,42)(H,35,47)(H,36,48)(H,37,49)(H,38,46)(H,39,45)(H,43,44). The Morgan fingerprint density at radius 2 is 1.42 bits per heavy atom. The minimum absolute atomic E-state index is 0.0170. The van der Waals surface area contributed by atoms with Gasteiger partial charge in [0.1, 0.15) is 42.5 Å². The lowest BCUT2D eigenvalue weighted by molar-refractivity contribution is -0.141. The van der Waals surface area contributed by atoms with Crippen LogP contribution in [0.25, 0.3) is 0 Å². The van der Waals surface area contributed by atoms with Gasteiger partial charge in [-0.25, -0.2) is 0 Å². The van der Waals surface area contributed by atoms with Crippen LogP contribution in [0.4, 0.5) is 0 Å². The summed E-state index contributed by atoms with van der Waals surface area (Å²) >= 11 is 0. The van der Waals surface area contributed by atoms with E-state index in [0.29, 0.717) is 18.4 Å². The molecule has 1 aliphatic heterocycles. The summed E-state index contributed by atoms with van der Waals surface area (Å²) in [6, 6.07) is -0.994. The van der Waals surface area contributed by atoms with Gasteiger partial charge in [-0.1, -0.05) is 26.0 Å². The number of hydrogen-bond donors (Lipinski definition) is 9. The number of amides is 7. The molecule has 2 rings (SSSR count). The number of aromatic hydroxyl groups is 1. The van der Waals surface area contributed by atoms with E-state index in [4.69, 9.17) is 16.6 Å². The quantitative estimate of drug-likeness (QED) is 0.0761. The number of phenols is 1. The first-order valence-corrected chi connectivity index (χ1v) is 16.2. The van der Waals surface area contributed by atoms with Crippen molar-refractivity contribution in [2.45, 2.75) is 96.1 Å². The van der Waals surface area contributed by atoms with Crippen molar-refractivity contribution in [3.05, 3.63) is 29.8 Å². The number of nitrogens with one attached hydrogen (secondary N) is 5. The molecule has 1 fully saturated rings. The smallest absolute Gasteiger partial charge is 0.322 e. The van der Waals surface area contributed by atoms with E-state index in [-0.39, 0.29) is 37.5 Å². The van der Waals surface area contributed by atoms with Crippen molar-refractivity contribution in [2.75, 3.05) is 13.1 Å². The van der Waals surface area contributed by atoms with Gasteiger partial charge in [-0.2, -0.15) is 0 Å². The van der Waals surface area contributed by atoms with Crippen LogP contribution in [-0.2, 0) is 44.8 Å². The molecule has 0 bridgehead atoms. The Hall–Kier alpha value is -5.26. The minimum atomic E-state index is -1.29. The summed E-state index contributed by atoms with van der Waals surface area (Å²) in [6.45, 7) is 5.93. The Morgan fingerprint density at radius 3 is 1.98 bits per heavy atom. The normalized spacial score (nSPS) is 17.0. The zero-order valence-electron chi connectivity index (χ0n) is 28.6. The van der Waals surface area contributed by atoms with E-state index in [0.717, 1.165) is 0 Å². The molecule has 1 aliphatic rings. The van der Waals surface area contributed by atoms with Crippen LogP contribution < -0.4 is 38.1 Å². The maximum absolute atomic E-state index is 13.3. The molecule has 18 nitrogen and oxygen atoms in total. The number of carbonyl (C=O) groups excluding carboxylic acids is 7. The first-order chi connectivity index (χ1) is 23.4. The highest BCUT2D eigenvalue weighted by Crippen LogP contribution is 2.19. The predicted octanol–water partition coefficient (Wildman–Crippen LogP) is -2.65. The average Bonchev–Trinajstić information content (AvgIpc) is 3.53. The van der Waals surface area contributed by atoms with Gasteiger partial charge in [-0.15, -0.1) is 0 Å². The summed E-state index contributed by atoms with van der Waals surface area (Å²) in [6.07, 6.45) is 0.535. The van der Waals surface area contributed by atoms with E-state index < -0.39 is 90.1 Å². The summed E-state index contributed by atoms with van der Waals surface area (Å²) in [7, 11) is 0. The van der Waals surface area contributed by atoms with Crippen molar-refractivity contribution < 1.29 is 48.6 Å². The predicted molar refractivity (Wildman–Crippen MR) is 178 cm³/mol. The van der Waals surface area contributed by atoms with Crippen LogP contribution in [0.2, 0.25) is 0 Å². The molecule has 0 aliphatic carbocycles. The first kappa shape index (κ1) is 40.9. The van der Waals surface area contributed by atoms with Gasteiger partial charge in [0.05, 0.1) is 12.5 Å². The van der Waals surface area contributed by atoms with E-state index in [1.165, 1.54) is 43.0 Å². The minimum Gasteiger partial charge on any atom is -0.508 e. The van der Waals surface area contributed by atoms with Gasteiger partial charge < -0.3 is 53.2 Å². The van der Waals surface area contributed by atoms with E-state index >= 15 is 0 Å². The van der Waals surface area contributed by atoms with E-state index in [1.54, 1.807) is 0 Å². The van der Waals surface area contributed by atoms with Crippen LogP contribution in [0.3, 0.4) is 0 Å². The summed E-state index contributed by atoms with van der Waals surface area (Å²) in [5.41, 5.74) is 11.5. The number of nitrogens with two attached hydrogens (primary N) is 2. The van der Waals surface area contributed by atoms with Crippen LogP contribution in [0, 0.1) is 5.92 Å². The number of hydrogen-bond acceptors (Lipinski definition) is 10. The number of likely N-dealkylation sites (tertiary alicyclic amines) is 1. The Bertz CT molecular complexity index is 1420. The average molecular weight is 705 g/mol. The van der Waals surface area contributed by atoms with E-state index in [1.807, 2.05) is 13.8 Å². The number of carboxylic acids is 1. The third-order valence-electron chi connectivity index (χ3n) is 7.84. The van der Waals surface area contributed by atoms with Crippen molar-refractivity contribution in [1.82, 2.24) is 31.5 Å². The molecule has 7 amide bonds. The zero-order valence-corrected chi connectivity index (χ0v) is 28.6. The number of primary amides is 1. The first-order valence-electron chi connectivity index (χ1n) is 16.2. The van der Waals surface area contributed by atoms with Gasteiger partial charge in [-0.3, -0.25) is 38.4 Å². The van der Waals surface area contributed by atoms with Gasteiger partial charge in [0.2, 0.25) is 41.4 Å². The molecule has 1 aromatic carbocycles. The Balaban J connectivity index is 2.06. The van der Waals surface area contributed by atoms with Crippen molar-refractivity contribution >= 4 is 47.3 Å². The molecule has 1 heterocycles. The molecule has 276 valence electrons. The molecule has 50 heavy (non-hydrogen) atoms. The topological polar surface area (TPSA) is 292 Å². The molecule has 0 saturated carbocycles. The summed E-state index contributed by atoms with van der Waals surface area (Å²) in [5, 5.41) is 30.9. The highest BCUT2D eigenvalue weighted by molar-refractivity contribution is 5.97. The fourth-order valence-electron chi connectivity index (χ4n) is 5.23. The Morgan fingerprint density at radius 1 is 0.840 bits per heavy atom. The molecule has 6 atom stereocenters. The lowest BCUT2D eigenvalue weighted by Crippen LogP contribution is -2.58. The number of rotatable bonds is 18. The molecule has 0 spiro atoms. The van der Waals surface area contributed by atoms with Crippen LogP contribution in [0.1, 0.15) is 58.9 Å². The maximum atomic E-state index is 13.3. The molecule has 6 unspecified atom stereocenters. The number of phenolic OH excluding ortho intramolecular Hbond substituents is 1. The zero-order chi connectivity index (χ0) is 37.7. The number of nitrogens with zero attached hydrogens (tertiary/aromatic N) is 1. The number of benzene rings is 1. The second-order valence-corrected chi connectivity index (χ2v) is 12.7. The van der Waals surface area contributed by atoms with Crippen LogP contribution in [0.15, 0.2) is 24.3 Å². The summed E-state index contributed by atoms with van der Waals surface area (Å²) in [5.74, 6) is -6.36. The van der Waals surface area contributed by atoms with Gasteiger partial charge in [0.25, 0.3) is 0 Å². The van der Waals surface area contributed by atoms with Crippen molar-refractivity contribution in [3.63, 3.8) is 0 Å². The van der Waals surface area contributed by atoms with Gasteiger partial charge in [0, 0.05) is 13.0 Å². The lowest BCUT2D eigenvalue weighted by Gasteiger charge is -2.28. The SMILES string of the molecule is CC(C)CC(NC(=O)C(C)NC(=O)C1CCCN1C(=O)C(N)CC(N)=O)C(=O)NC(C)C(=O)NC(Cc1ccc(O)cc1)C(=O)NCC(=O)O. The molecular weight excluding hydrogens is 656 g/mol. The van der Waals surface area contributed by atoms with Gasteiger partial charge in [-0.05, 0) is 56.7 Å².